The van der Waals surface area contributed by atoms with Crippen LogP contribution in [0.25, 0.3) is 0 Å². The minimum Gasteiger partial charge on any atom is -0.444 e. The Balaban J connectivity index is 1.79. The summed E-state index contributed by atoms with van der Waals surface area (Å²) in [6, 6.07) is 12.4. The van der Waals surface area contributed by atoms with Crippen molar-refractivity contribution in [2.45, 2.75) is 47.1 Å². The van der Waals surface area contributed by atoms with Gasteiger partial charge in [0.05, 0.1) is 0 Å². The van der Waals surface area contributed by atoms with Gasteiger partial charge < -0.3 is 4.74 Å². The molecule has 1 heterocycles. The monoisotopic (exact) mass is 362 g/mol. The normalized spacial score (nSPS) is 12.0. The Bertz CT molecular complexity index is 952. The molecule has 1 atom stereocenters. The Morgan fingerprint density at radius 3 is 2.52 bits per heavy atom. The van der Waals surface area contributed by atoms with E-state index in [9.17, 15) is 4.79 Å². The molecule has 0 aliphatic heterocycles. The molecule has 0 spiro atoms. The van der Waals surface area contributed by atoms with Crippen LogP contribution in [0.3, 0.4) is 0 Å². The van der Waals surface area contributed by atoms with Gasteiger partial charge in [0.1, 0.15) is 12.4 Å². The molecule has 0 saturated heterocycles. The van der Waals surface area contributed by atoms with Gasteiger partial charge in [0.2, 0.25) is 0 Å². The maximum Gasteiger partial charge on any atom is 0.419 e. The zero-order valence-corrected chi connectivity index (χ0v) is 16.6. The molecule has 27 heavy (non-hydrogen) atoms. The van der Waals surface area contributed by atoms with Gasteiger partial charge in [-0.2, -0.15) is 0 Å². The van der Waals surface area contributed by atoms with Gasteiger partial charge in [-0.15, -0.1) is 0 Å². The first-order valence-corrected chi connectivity index (χ1v) is 9.20. The summed E-state index contributed by atoms with van der Waals surface area (Å²) >= 11 is 0. The number of nitrogens with zero attached hydrogens (tertiary/aromatic N) is 2. The highest BCUT2D eigenvalue weighted by Gasteiger charge is 2.20. The number of carbonyl (C=O) groups excluding carboxylic acids is 1. The summed E-state index contributed by atoms with van der Waals surface area (Å²) in [7, 11) is 0. The van der Waals surface area contributed by atoms with Crippen LogP contribution >= 0.6 is 0 Å². The van der Waals surface area contributed by atoms with Gasteiger partial charge in [-0.05, 0) is 49.9 Å². The summed E-state index contributed by atoms with van der Waals surface area (Å²) in [4.78, 5) is 17.1. The lowest BCUT2D eigenvalue weighted by Gasteiger charge is -2.17. The third-order valence-electron chi connectivity index (χ3n) is 5.01. The van der Waals surface area contributed by atoms with E-state index in [4.69, 9.17) is 4.74 Å². The zero-order valence-electron chi connectivity index (χ0n) is 16.6. The summed E-state index contributed by atoms with van der Waals surface area (Å²) < 4.78 is 7.06. The van der Waals surface area contributed by atoms with E-state index >= 15 is 0 Å². The van der Waals surface area contributed by atoms with E-state index in [1.807, 2.05) is 32.0 Å². The van der Waals surface area contributed by atoms with Crippen molar-refractivity contribution in [2.24, 2.45) is 0 Å². The highest BCUT2D eigenvalue weighted by Crippen LogP contribution is 2.27. The zero-order chi connectivity index (χ0) is 19.6. The Hall–Kier alpha value is -2.88. The van der Waals surface area contributed by atoms with Crippen molar-refractivity contribution in [3.05, 3.63) is 88.0 Å². The van der Waals surface area contributed by atoms with Crippen molar-refractivity contribution < 1.29 is 9.53 Å². The number of rotatable bonds is 4. The molecule has 0 unspecified atom stereocenters. The Labute approximate surface area is 160 Å². The molecule has 140 valence electrons. The van der Waals surface area contributed by atoms with Gasteiger partial charge >= 0.3 is 6.09 Å². The fraction of sp³-hybridized carbons (Fsp3) is 0.304. The number of ether oxygens (including phenoxy) is 1. The molecule has 0 N–H and O–H groups in total. The molecule has 0 radical (unpaired) electrons. The summed E-state index contributed by atoms with van der Waals surface area (Å²) in [5.41, 5.74) is 6.94. The predicted molar refractivity (Wildman–Crippen MR) is 107 cm³/mol. The Kier molecular flexibility index (Phi) is 5.45. The van der Waals surface area contributed by atoms with Crippen LogP contribution in [0.1, 0.15) is 52.0 Å². The minimum atomic E-state index is -0.404. The second-order valence-electron chi connectivity index (χ2n) is 7.22. The van der Waals surface area contributed by atoms with Gasteiger partial charge in [-0.3, -0.25) is 0 Å². The summed E-state index contributed by atoms with van der Waals surface area (Å²) in [5.74, 6) is 0.683. The standard InChI is InChI=1S/C23H26N2O2/c1-15-11-16(2)13-20(12-15)14-27-23(26)25-10-9-24-22(25)19(5)21-8-6-7-17(3)18(21)4/h6-13,19H,14H2,1-5H3/t19-/m0/s1. The molecule has 3 aromatic rings. The SMILES string of the molecule is Cc1cc(C)cc(COC(=O)n2ccnc2[C@@H](C)c2cccc(C)c2C)c1. The van der Waals surface area contributed by atoms with E-state index in [0.717, 1.165) is 16.7 Å². The lowest BCUT2D eigenvalue weighted by Crippen LogP contribution is -2.18. The maximum absolute atomic E-state index is 12.7. The van der Waals surface area contributed by atoms with Crippen molar-refractivity contribution in [3.8, 4) is 0 Å². The van der Waals surface area contributed by atoms with Crippen LogP contribution in [0.4, 0.5) is 4.79 Å². The number of aromatic nitrogens is 2. The summed E-state index contributed by atoms with van der Waals surface area (Å²) in [6.45, 7) is 10.6. The topological polar surface area (TPSA) is 44.1 Å². The number of carbonyl (C=O) groups is 1. The molecule has 3 rings (SSSR count). The van der Waals surface area contributed by atoms with Gasteiger partial charge in [0.15, 0.2) is 0 Å². The highest BCUT2D eigenvalue weighted by molar-refractivity contribution is 5.71. The lowest BCUT2D eigenvalue weighted by atomic mass is 9.93. The van der Waals surface area contributed by atoms with Gasteiger partial charge in [-0.25, -0.2) is 14.3 Å². The smallest absolute Gasteiger partial charge is 0.419 e. The predicted octanol–water partition coefficient (Wildman–Crippen LogP) is 5.45. The third kappa shape index (κ3) is 4.11. The second kappa shape index (κ2) is 7.78. The number of hydrogen-bond acceptors (Lipinski definition) is 3. The number of benzene rings is 2. The van der Waals surface area contributed by atoms with E-state index in [1.54, 1.807) is 12.4 Å². The van der Waals surface area contributed by atoms with Crippen LogP contribution in [0, 0.1) is 27.7 Å². The average Bonchev–Trinajstić information content (AvgIpc) is 3.10. The van der Waals surface area contributed by atoms with E-state index in [2.05, 4.69) is 44.0 Å². The van der Waals surface area contributed by atoms with Crippen LogP contribution in [0.15, 0.2) is 48.8 Å². The first-order chi connectivity index (χ1) is 12.9. The van der Waals surface area contributed by atoms with Crippen LogP contribution in [0.5, 0.6) is 0 Å². The third-order valence-corrected chi connectivity index (χ3v) is 5.01. The molecule has 0 amide bonds. The number of aryl methyl sites for hydroxylation is 3. The average molecular weight is 362 g/mol. The highest BCUT2D eigenvalue weighted by atomic mass is 16.5. The van der Waals surface area contributed by atoms with E-state index in [-0.39, 0.29) is 12.5 Å². The van der Waals surface area contributed by atoms with Gasteiger partial charge in [0, 0.05) is 18.3 Å². The lowest BCUT2D eigenvalue weighted by molar-refractivity contribution is 0.140. The quantitative estimate of drug-likeness (QED) is 0.619. The molecule has 0 bridgehead atoms. The first kappa shape index (κ1) is 18.9. The Morgan fingerprint density at radius 2 is 1.81 bits per heavy atom. The van der Waals surface area contributed by atoms with Crippen molar-refractivity contribution in [3.63, 3.8) is 0 Å². The number of imidazole rings is 1. The van der Waals surface area contributed by atoms with Crippen LogP contribution < -0.4 is 0 Å². The van der Waals surface area contributed by atoms with Crippen LogP contribution in [-0.2, 0) is 11.3 Å². The van der Waals surface area contributed by atoms with Crippen molar-refractivity contribution >= 4 is 6.09 Å². The number of hydrogen-bond donors (Lipinski definition) is 0. The van der Waals surface area contributed by atoms with Crippen molar-refractivity contribution in [2.75, 3.05) is 0 Å². The fourth-order valence-corrected chi connectivity index (χ4v) is 3.54. The van der Waals surface area contributed by atoms with Crippen LogP contribution in [0.2, 0.25) is 0 Å². The first-order valence-electron chi connectivity index (χ1n) is 9.20. The molecule has 0 fully saturated rings. The van der Waals surface area contributed by atoms with Crippen molar-refractivity contribution in [1.29, 1.82) is 0 Å². The molecular formula is C23H26N2O2. The fourth-order valence-electron chi connectivity index (χ4n) is 3.54. The summed E-state index contributed by atoms with van der Waals surface area (Å²) in [6.07, 6.45) is 2.91. The van der Waals surface area contributed by atoms with E-state index < -0.39 is 6.09 Å². The second-order valence-corrected chi connectivity index (χ2v) is 7.22. The summed E-state index contributed by atoms with van der Waals surface area (Å²) in [5, 5.41) is 0. The van der Waals surface area contributed by atoms with Gasteiger partial charge in [-0.1, -0.05) is 54.4 Å². The van der Waals surface area contributed by atoms with E-state index in [0.29, 0.717) is 5.82 Å². The maximum atomic E-state index is 12.7. The van der Waals surface area contributed by atoms with Crippen LogP contribution in [-0.4, -0.2) is 15.6 Å². The van der Waals surface area contributed by atoms with E-state index in [1.165, 1.54) is 21.3 Å². The largest absolute Gasteiger partial charge is 0.444 e. The molecule has 4 heteroatoms. The van der Waals surface area contributed by atoms with Gasteiger partial charge in [0.25, 0.3) is 0 Å². The molecule has 2 aromatic carbocycles. The Morgan fingerprint density at radius 1 is 1.11 bits per heavy atom. The molecule has 0 saturated carbocycles. The molecule has 1 aromatic heterocycles. The molecule has 0 aliphatic carbocycles. The van der Waals surface area contributed by atoms with Crippen molar-refractivity contribution in [1.82, 2.24) is 9.55 Å². The minimum absolute atomic E-state index is 0.00587. The molecule has 0 aliphatic rings. The molecule has 4 nitrogen and oxygen atoms in total. The molecular weight excluding hydrogens is 336 g/mol.